The topological polar surface area (TPSA) is 102 Å². The SMILES string of the molecule is CC(N)(C#N)CCCCOc1c(Br)cc([N+](=O)[O-])cc1Br. The summed E-state index contributed by atoms with van der Waals surface area (Å²) in [7, 11) is 0. The van der Waals surface area contributed by atoms with Gasteiger partial charge in [0.25, 0.3) is 5.69 Å². The first kappa shape index (κ1) is 17.9. The Morgan fingerprint density at radius 2 is 2.00 bits per heavy atom. The Kier molecular flexibility index (Phi) is 6.58. The van der Waals surface area contributed by atoms with E-state index in [1.165, 1.54) is 12.1 Å². The first-order chi connectivity index (χ1) is 9.76. The van der Waals surface area contributed by atoms with E-state index in [2.05, 4.69) is 31.9 Å². The van der Waals surface area contributed by atoms with Crippen molar-refractivity contribution in [3.05, 3.63) is 31.2 Å². The van der Waals surface area contributed by atoms with E-state index in [1.54, 1.807) is 6.92 Å². The number of nitro groups is 1. The zero-order valence-electron chi connectivity index (χ0n) is 11.4. The van der Waals surface area contributed by atoms with E-state index in [0.717, 1.165) is 12.8 Å². The standard InChI is InChI=1S/C13H15Br2N3O3/c1-13(17,8-16)4-2-3-5-21-12-10(14)6-9(18(19)20)7-11(12)15/h6-7H,2-5,17H2,1H3. The molecule has 1 unspecified atom stereocenters. The minimum Gasteiger partial charge on any atom is -0.491 e. The molecule has 0 radical (unpaired) electrons. The van der Waals surface area contributed by atoms with Crippen LogP contribution in [-0.4, -0.2) is 17.1 Å². The first-order valence-electron chi connectivity index (χ1n) is 6.23. The van der Waals surface area contributed by atoms with Gasteiger partial charge in [0.15, 0.2) is 0 Å². The molecular weight excluding hydrogens is 406 g/mol. The number of unbranched alkanes of at least 4 members (excludes halogenated alkanes) is 1. The van der Waals surface area contributed by atoms with Crippen molar-refractivity contribution in [2.45, 2.75) is 31.7 Å². The van der Waals surface area contributed by atoms with Crippen LogP contribution in [0.15, 0.2) is 21.1 Å². The maximum absolute atomic E-state index is 10.7. The minimum absolute atomic E-state index is 0.0194. The normalized spacial score (nSPS) is 13.3. The Bertz CT molecular complexity index is 547. The highest BCUT2D eigenvalue weighted by atomic mass is 79.9. The van der Waals surface area contributed by atoms with Gasteiger partial charge in [0.2, 0.25) is 0 Å². The van der Waals surface area contributed by atoms with Gasteiger partial charge in [0.05, 0.1) is 26.5 Å². The van der Waals surface area contributed by atoms with Gasteiger partial charge in [-0.25, -0.2) is 0 Å². The van der Waals surface area contributed by atoms with E-state index in [4.69, 9.17) is 15.7 Å². The molecule has 1 atom stereocenters. The summed E-state index contributed by atoms with van der Waals surface area (Å²) in [6.45, 7) is 2.13. The average Bonchev–Trinajstić information content (AvgIpc) is 2.40. The van der Waals surface area contributed by atoms with E-state index >= 15 is 0 Å². The number of benzene rings is 1. The van der Waals surface area contributed by atoms with Crippen LogP contribution in [0.5, 0.6) is 5.75 Å². The number of nitrogens with zero attached hydrogens (tertiary/aromatic N) is 2. The van der Waals surface area contributed by atoms with Crippen LogP contribution in [0.25, 0.3) is 0 Å². The monoisotopic (exact) mass is 419 g/mol. The van der Waals surface area contributed by atoms with Gasteiger partial charge in [0.1, 0.15) is 11.3 Å². The third-order valence-corrected chi connectivity index (χ3v) is 3.96. The van der Waals surface area contributed by atoms with Crippen LogP contribution in [0.2, 0.25) is 0 Å². The molecule has 1 rings (SSSR count). The highest BCUT2D eigenvalue weighted by Gasteiger charge is 2.17. The molecule has 114 valence electrons. The molecule has 0 aliphatic carbocycles. The Morgan fingerprint density at radius 1 is 1.43 bits per heavy atom. The Hall–Kier alpha value is -1.17. The third-order valence-electron chi connectivity index (χ3n) is 2.79. The molecule has 1 aromatic rings. The summed E-state index contributed by atoms with van der Waals surface area (Å²) in [5.74, 6) is 0.524. The fraction of sp³-hybridized carbons (Fsp3) is 0.462. The summed E-state index contributed by atoms with van der Waals surface area (Å²) in [5.41, 5.74) is 4.89. The van der Waals surface area contributed by atoms with E-state index in [0.29, 0.717) is 27.7 Å². The second-order valence-electron chi connectivity index (χ2n) is 4.83. The van der Waals surface area contributed by atoms with E-state index < -0.39 is 10.5 Å². The molecule has 0 spiro atoms. The number of ether oxygens (including phenoxy) is 1. The van der Waals surface area contributed by atoms with Crippen molar-refractivity contribution in [1.29, 1.82) is 5.26 Å². The summed E-state index contributed by atoms with van der Waals surface area (Å²) in [6.07, 6.45) is 2.10. The second kappa shape index (κ2) is 7.73. The van der Waals surface area contributed by atoms with Gasteiger partial charge in [-0.05, 0) is 58.0 Å². The number of hydrogen-bond acceptors (Lipinski definition) is 5. The molecule has 6 nitrogen and oxygen atoms in total. The zero-order valence-corrected chi connectivity index (χ0v) is 14.6. The zero-order chi connectivity index (χ0) is 16.0. The lowest BCUT2D eigenvalue weighted by Gasteiger charge is -2.15. The van der Waals surface area contributed by atoms with Crippen LogP contribution < -0.4 is 10.5 Å². The quantitative estimate of drug-likeness (QED) is 0.409. The van der Waals surface area contributed by atoms with Gasteiger partial charge in [-0.3, -0.25) is 10.1 Å². The van der Waals surface area contributed by atoms with Gasteiger partial charge < -0.3 is 10.5 Å². The van der Waals surface area contributed by atoms with Gasteiger partial charge >= 0.3 is 0 Å². The molecule has 0 bridgehead atoms. The third kappa shape index (κ3) is 5.61. The lowest BCUT2D eigenvalue weighted by atomic mass is 9.98. The molecule has 21 heavy (non-hydrogen) atoms. The maximum atomic E-state index is 10.7. The van der Waals surface area contributed by atoms with Crippen molar-refractivity contribution in [2.75, 3.05) is 6.61 Å². The largest absolute Gasteiger partial charge is 0.491 e. The lowest BCUT2D eigenvalue weighted by Crippen LogP contribution is -2.33. The first-order valence-corrected chi connectivity index (χ1v) is 7.82. The predicted molar refractivity (Wildman–Crippen MR) is 86.0 cm³/mol. The van der Waals surface area contributed by atoms with Crippen LogP contribution in [0.4, 0.5) is 5.69 Å². The molecular formula is C13H15Br2N3O3. The van der Waals surface area contributed by atoms with Crippen molar-refractivity contribution in [3.8, 4) is 11.8 Å². The summed E-state index contributed by atoms with van der Waals surface area (Å²) in [4.78, 5) is 10.3. The second-order valence-corrected chi connectivity index (χ2v) is 6.54. The minimum atomic E-state index is -0.811. The molecule has 1 aromatic carbocycles. The highest BCUT2D eigenvalue weighted by molar-refractivity contribution is 9.11. The molecule has 2 N–H and O–H groups in total. The van der Waals surface area contributed by atoms with Crippen LogP contribution in [-0.2, 0) is 0 Å². The van der Waals surface area contributed by atoms with Crippen molar-refractivity contribution >= 4 is 37.5 Å². The van der Waals surface area contributed by atoms with Gasteiger partial charge in [-0.2, -0.15) is 5.26 Å². The van der Waals surface area contributed by atoms with Crippen LogP contribution in [0, 0.1) is 21.4 Å². The van der Waals surface area contributed by atoms with Crippen molar-refractivity contribution in [1.82, 2.24) is 0 Å². The average molecular weight is 421 g/mol. The molecule has 0 saturated heterocycles. The molecule has 0 aliphatic heterocycles. The van der Waals surface area contributed by atoms with E-state index in [-0.39, 0.29) is 5.69 Å². The predicted octanol–water partition coefficient (Wildman–Crippen LogP) is 3.91. The highest BCUT2D eigenvalue weighted by Crippen LogP contribution is 2.37. The Balaban J connectivity index is 2.54. The molecule has 8 heteroatoms. The molecule has 0 aliphatic rings. The molecule has 0 heterocycles. The molecule has 0 amide bonds. The number of non-ortho nitro benzene ring substituents is 1. The smallest absolute Gasteiger partial charge is 0.271 e. The number of nitrogens with two attached hydrogens (primary N) is 1. The molecule has 0 saturated carbocycles. The van der Waals surface area contributed by atoms with Crippen molar-refractivity contribution in [2.24, 2.45) is 5.73 Å². The Labute approximate surface area is 139 Å². The summed E-state index contributed by atoms with van der Waals surface area (Å²) < 4.78 is 6.65. The van der Waals surface area contributed by atoms with Crippen molar-refractivity contribution < 1.29 is 9.66 Å². The van der Waals surface area contributed by atoms with Crippen LogP contribution >= 0.6 is 31.9 Å². The Morgan fingerprint density at radius 3 is 2.48 bits per heavy atom. The van der Waals surface area contributed by atoms with Gasteiger partial charge in [-0.1, -0.05) is 0 Å². The summed E-state index contributed by atoms with van der Waals surface area (Å²) >= 11 is 6.51. The fourth-order valence-corrected chi connectivity index (χ4v) is 3.01. The van der Waals surface area contributed by atoms with Crippen molar-refractivity contribution in [3.63, 3.8) is 0 Å². The number of nitriles is 1. The number of rotatable bonds is 7. The van der Waals surface area contributed by atoms with Gasteiger partial charge in [-0.15, -0.1) is 0 Å². The number of hydrogen-bond donors (Lipinski definition) is 1. The summed E-state index contributed by atoms with van der Waals surface area (Å²) in [5, 5.41) is 19.5. The number of halogens is 2. The van der Waals surface area contributed by atoms with Gasteiger partial charge in [0, 0.05) is 12.1 Å². The molecule has 0 aromatic heterocycles. The number of nitro benzene ring substituents is 1. The van der Waals surface area contributed by atoms with E-state index in [1.807, 2.05) is 6.07 Å². The van der Waals surface area contributed by atoms with E-state index in [9.17, 15) is 10.1 Å². The molecule has 0 fully saturated rings. The lowest BCUT2D eigenvalue weighted by molar-refractivity contribution is -0.385. The fourth-order valence-electron chi connectivity index (χ4n) is 1.61. The van der Waals surface area contributed by atoms with Crippen LogP contribution in [0.1, 0.15) is 26.2 Å². The maximum Gasteiger partial charge on any atom is 0.271 e. The van der Waals surface area contributed by atoms with Crippen LogP contribution in [0.3, 0.4) is 0 Å². The summed E-state index contributed by atoms with van der Waals surface area (Å²) in [6, 6.07) is 4.83.